The molecule has 2 N–H and O–H groups in total. The molecule has 3 rings (SSSR count). The van der Waals surface area contributed by atoms with Crippen molar-refractivity contribution in [3.8, 4) is 0 Å². The normalized spacial score (nSPS) is 13.0. The van der Waals surface area contributed by atoms with Gasteiger partial charge in [0, 0.05) is 0 Å². The van der Waals surface area contributed by atoms with Crippen molar-refractivity contribution in [2.45, 2.75) is 26.8 Å². The van der Waals surface area contributed by atoms with E-state index in [1.165, 1.54) is 4.88 Å². The highest BCUT2D eigenvalue weighted by Gasteiger charge is 2.21. The van der Waals surface area contributed by atoms with Crippen LogP contribution in [0.4, 0.5) is 5.95 Å². The molecule has 3 aromatic rings. The zero-order chi connectivity index (χ0) is 14.4. The molecule has 0 aliphatic heterocycles. The summed E-state index contributed by atoms with van der Waals surface area (Å²) in [5.41, 5.74) is 8.83. The van der Waals surface area contributed by atoms with Crippen LogP contribution in [0.5, 0.6) is 0 Å². The van der Waals surface area contributed by atoms with E-state index < -0.39 is 0 Å². The van der Waals surface area contributed by atoms with Crippen LogP contribution >= 0.6 is 22.9 Å². The van der Waals surface area contributed by atoms with Crippen molar-refractivity contribution < 1.29 is 0 Å². The second-order valence-electron chi connectivity index (χ2n) is 4.81. The van der Waals surface area contributed by atoms with Crippen LogP contribution in [0.15, 0.2) is 18.2 Å². The van der Waals surface area contributed by atoms with Crippen molar-refractivity contribution in [1.82, 2.24) is 14.5 Å². The number of hydrogen-bond acceptors (Lipinski definition) is 4. The number of hydrogen-bond donors (Lipinski definition) is 1. The van der Waals surface area contributed by atoms with Gasteiger partial charge in [-0.1, -0.05) is 17.7 Å². The first-order valence-corrected chi connectivity index (χ1v) is 7.54. The maximum atomic E-state index is 6.32. The van der Waals surface area contributed by atoms with Gasteiger partial charge in [-0.25, -0.2) is 9.97 Å². The van der Waals surface area contributed by atoms with E-state index in [9.17, 15) is 0 Å². The Kier molecular flexibility index (Phi) is 3.18. The summed E-state index contributed by atoms with van der Waals surface area (Å²) in [4.78, 5) is 10.1. The smallest absolute Gasteiger partial charge is 0.201 e. The molecular weight excluding hydrogens is 292 g/mol. The Balaban J connectivity index is 2.24. The van der Waals surface area contributed by atoms with Crippen LogP contribution in [-0.2, 0) is 0 Å². The molecule has 0 radical (unpaired) electrons. The predicted octanol–water partition coefficient (Wildman–Crippen LogP) is 3.95. The summed E-state index contributed by atoms with van der Waals surface area (Å²) in [5, 5.41) is 1.72. The second-order valence-corrected chi connectivity index (χ2v) is 6.45. The van der Waals surface area contributed by atoms with Gasteiger partial charge in [-0.05, 0) is 32.9 Å². The lowest BCUT2D eigenvalue weighted by molar-refractivity contribution is 0.674. The number of fused-ring (bicyclic) bond motifs is 1. The SMILES string of the molecule is Cc1nc(C)c(C(C)n2c(N)nc3cccc(Cl)c32)s1. The number of aryl methyl sites for hydroxylation is 2. The molecule has 1 aromatic carbocycles. The number of aromatic nitrogens is 3. The summed E-state index contributed by atoms with van der Waals surface area (Å²) < 4.78 is 1.98. The van der Waals surface area contributed by atoms with Crippen LogP contribution in [0, 0.1) is 13.8 Å². The van der Waals surface area contributed by atoms with Crippen LogP contribution in [0.3, 0.4) is 0 Å². The average Bonchev–Trinajstić information content (AvgIpc) is 2.89. The van der Waals surface area contributed by atoms with Crippen molar-refractivity contribution in [2.24, 2.45) is 0 Å². The van der Waals surface area contributed by atoms with E-state index in [4.69, 9.17) is 17.3 Å². The zero-order valence-electron chi connectivity index (χ0n) is 11.5. The van der Waals surface area contributed by atoms with Crippen molar-refractivity contribution in [3.05, 3.63) is 38.8 Å². The molecule has 0 amide bonds. The van der Waals surface area contributed by atoms with Crippen molar-refractivity contribution in [3.63, 3.8) is 0 Å². The van der Waals surface area contributed by atoms with Gasteiger partial charge in [0.15, 0.2) is 0 Å². The number of halogens is 1. The highest BCUT2D eigenvalue weighted by atomic mass is 35.5. The molecule has 1 unspecified atom stereocenters. The number of nitrogens with two attached hydrogens (primary N) is 1. The molecule has 2 heterocycles. The van der Waals surface area contributed by atoms with Gasteiger partial charge in [0.05, 0.1) is 37.7 Å². The fourth-order valence-electron chi connectivity index (χ4n) is 2.57. The van der Waals surface area contributed by atoms with Gasteiger partial charge in [-0.3, -0.25) is 0 Å². The molecule has 0 aliphatic rings. The third kappa shape index (κ3) is 1.98. The summed E-state index contributed by atoms with van der Waals surface area (Å²) >= 11 is 8.01. The molecule has 0 spiro atoms. The van der Waals surface area contributed by atoms with E-state index in [1.54, 1.807) is 11.3 Å². The second kappa shape index (κ2) is 4.75. The number of para-hydroxylation sites is 1. The topological polar surface area (TPSA) is 56.7 Å². The molecule has 4 nitrogen and oxygen atoms in total. The summed E-state index contributed by atoms with van der Waals surface area (Å²) in [5.74, 6) is 0.478. The minimum Gasteiger partial charge on any atom is -0.369 e. The number of thiazole rings is 1. The first-order valence-electron chi connectivity index (χ1n) is 6.35. The first kappa shape index (κ1) is 13.4. The van der Waals surface area contributed by atoms with Crippen LogP contribution in [0.2, 0.25) is 5.02 Å². The summed E-state index contributed by atoms with van der Waals surface area (Å²) in [6.45, 7) is 6.13. The largest absolute Gasteiger partial charge is 0.369 e. The number of rotatable bonds is 2. The fraction of sp³-hybridized carbons (Fsp3) is 0.286. The molecule has 0 fully saturated rings. The Labute approximate surface area is 126 Å². The van der Waals surface area contributed by atoms with Gasteiger partial charge < -0.3 is 10.3 Å². The monoisotopic (exact) mass is 306 g/mol. The zero-order valence-corrected chi connectivity index (χ0v) is 13.1. The van der Waals surface area contributed by atoms with Crippen molar-refractivity contribution in [2.75, 3.05) is 5.73 Å². The van der Waals surface area contributed by atoms with Crippen LogP contribution in [-0.4, -0.2) is 14.5 Å². The number of imidazole rings is 1. The maximum Gasteiger partial charge on any atom is 0.201 e. The van der Waals surface area contributed by atoms with Gasteiger partial charge in [-0.15, -0.1) is 11.3 Å². The summed E-state index contributed by atoms with van der Waals surface area (Å²) in [7, 11) is 0. The van der Waals surface area contributed by atoms with Crippen molar-refractivity contribution >= 4 is 39.9 Å². The Hall–Kier alpha value is -1.59. The number of benzene rings is 1. The van der Waals surface area contributed by atoms with Crippen LogP contribution < -0.4 is 5.73 Å². The van der Waals surface area contributed by atoms with E-state index >= 15 is 0 Å². The maximum absolute atomic E-state index is 6.32. The molecule has 0 aliphatic carbocycles. The Bertz CT molecular complexity index is 790. The highest BCUT2D eigenvalue weighted by molar-refractivity contribution is 7.11. The molecule has 2 aromatic heterocycles. The van der Waals surface area contributed by atoms with Gasteiger partial charge >= 0.3 is 0 Å². The Morgan fingerprint density at radius 3 is 2.70 bits per heavy atom. The number of nitrogens with zero attached hydrogens (tertiary/aromatic N) is 3. The van der Waals surface area contributed by atoms with Gasteiger partial charge in [0.2, 0.25) is 5.95 Å². The fourth-order valence-corrected chi connectivity index (χ4v) is 3.80. The van der Waals surface area contributed by atoms with E-state index in [0.717, 1.165) is 21.7 Å². The van der Waals surface area contributed by atoms with E-state index in [0.29, 0.717) is 11.0 Å². The van der Waals surface area contributed by atoms with Crippen LogP contribution in [0.25, 0.3) is 11.0 Å². The Morgan fingerprint density at radius 2 is 2.05 bits per heavy atom. The number of anilines is 1. The minimum absolute atomic E-state index is 0.0612. The lowest BCUT2D eigenvalue weighted by Crippen LogP contribution is -2.10. The highest BCUT2D eigenvalue weighted by Crippen LogP contribution is 2.34. The van der Waals surface area contributed by atoms with Gasteiger partial charge in [0.1, 0.15) is 0 Å². The summed E-state index contributed by atoms with van der Waals surface area (Å²) in [6, 6.07) is 5.73. The third-order valence-electron chi connectivity index (χ3n) is 3.39. The van der Waals surface area contributed by atoms with E-state index in [1.807, 2.05) is 36.6 Å². The molecular formula is C14H15ClN4S. The lowest BCUT2D eigenvalue weighted by atomic mass is 10.2. The number of nitrogen functional groups attached to an aromatic ring is 1. The summed E-state index contributed by atoms with van der Waals surface area (Å²) in [6.07, 6.45) is 0. The van der Waals surface area contributed by atoms with Crippen LogP contribution in [0.1, 0.15) is 28.5 Å². The first-order chi connectivity index (χ1) is 9.49. The van der Waals surface area contributed by atoms with Gasteiger partial charge in [0.25, 0.3) is 0 Å². The Morgan fingerprint density at radius 1 is 1.30 bits per heavy atom. The lowest BCUT2D eigenvalue weighted by Gasteiger charge is -2.15. The molecule has 0 bridgehead atoms. The molecule has 0 saturated carbocycles. The quantitative estimate of drug-likeness (QED) is 0.780. The molecule has 6 heteroatoms. The van der Waals surface area contributed by atoms with E-state index in [2.05, 4.69) is 16.9 Å². The van der Waals surface area contributed by atoms with E-state index in [-0.39, 0.29) is 6.04 Å². The predicted molar refractivity (Wildman–Crippen MR) is 84.6 cm³/mol. The molecule has 20 heavy (non-hydrogen) atoms. The standard InChI is InChI=1S/C14H15ClN4S/c1-7-13(20-9(3)17-7)8(2)19-12-10(15)5-4-6-11(12)18-14(19)16/h4-6,8H,1-3H3,(H2,16,18). The van der Waals surface area contributed by atoms with Gasteiger partial charge in [-0.2, -0.15) is 0 Å². The molecule has 104 valence electrons. The molecule has 0 saturated heterocycles. The molecule has 1 atom stereocenters. The average molecular weight is 307 g/mol. The minimum atomic E-state index is 0.0612. The van der Waals surface area contributed by atoms with Crippen molar-refractivity contribution in [1.29, 1.82) is 0 Å². The third-order valence-corrected chi connectivity index (χ3v) is 4.94.